The van der Waals surface area contributed by atoms with E-state index in [9.17, 15) is 4.79 Å². The molecule has 6 heteroatoms. The van der Waals surface area contributed by atoms with Crippen LogP contribution < -0.4 is 10.6 Å². The minimum Gasteiger partial charge on any atom is -0.397 e. The lowest BCUT2D eigenvalue weighted by molar-refractivity contribution is 0.0992. The number of benzene rings is 2. The number of hydrogen-bond donors (Lipinski definition) is 1. The average molecular weight is 419 g/mol. The van der Waals surface area contributed by atoms with E-state index in [4.69, 9.17) is 17.3 Å². The van der Waals surface area contributed by atoms with E-state index in [2.05, 4.69) is 31.9 Å². The van der Waals surface area contributed by atoms with Crippen LogP contribution in [0.2, 0.25) is 5.02 Å². The molecule has 2 N–H and O–H groups in total. The molecule has 0 aromatic heterocycles. The number of nitrogen functional groups attached to an aromatic ring is 1. The van der Waals surface area contributed by atoms with Gasteiger partial charge in [-0.1, -0.05) is 27.5 Å². The van der Waals surface area contributed by atoms with Crippen LogP contribution >= 0.6 is 43.5 Å². The zero-order valence-corrected chi connectivity index (χ0v) is 14.5. The van der Waals surface area contributed by atoms with E-state index in [1.165, 1.54) is 4.90 Å². The van der Waals surface area contributed by atoms with Crippen molar-refractivity contribution < 1.29 is 4.79 Å². The first-order valence-electron chi connectivity index (χ1n) is 5.68. The first kappa shape index (κ1) is 15.4. The van der Waals surface area contributed by atoms with Crippen LogP contribution in [0, 0.1) is 0 Å². The van der Waals surface area contributed by atoms with Crippen molar-refractivity contribution in [3.05, 3.63) is 55.9 Å². The molecule has 0 aliphatic rings. The Labute approximate surface area is 139 Å². The Hall–Kier alpha value is -1.04. The highest BCUT2D eigenvalue weighted by atomic mass is 79.9. The summed E-state index contributed by atoms with van der Waals surface area (Å²) in [5.74, 6) is -0.164. The summed E-state index contributed by atoms with van der Waals surface area (Å²) in [7, 11) is 1.68. The Bertz CT molecular complexity index is 676. The molecule has 0 saturated heterocycles. The van der Waals surface area contributed by atoms with Crippen molar-refractivity contribution in [3.8, 4) is 0 Å². The molecule has 0 radical (unpaired) electrons. The lowest BCUT2D eigenvalue weighted by Gasteiger charge is -2.20. The molecular weight excluding hydrogens is 407 g/mol. The summed E-state index contributed by atoms with van der Waals surface area (Å²) < 4.78 is 1.52. The maximum atomic E-state index is 12.5. The van der Waals surface area contributed by atoms with Crippen LogP contribution in [0.5, 0.6) is 0 Å². The molecule has 2 aromatic carbocycles. The fraction of sp³-hybridized carbons (Fsp3) is 0.0714. The topological polar surface area (TPSA) is 46.3 Å². The fourth-order valence-corrected chi connectivity index (χ4v) is 3.01. The van der Waals surface area contributed by atoms with Gasteiger partial charge in [0.2, 0.25) is 0 Å². The van der Waals surface area contributed by atoms with Gasteiger partial charge >= 0.3 is 0 Å². The third kappa shape index (κ3) is 3.16. The lowest BCUT2D eigenvalue weighted by Crippen LogP contribution is -2.27. The van der Waals surface area contributed by atoms with Gasteiger partial charge in [0.1, 0.15) is 0 Å². The molecule has 20 heavy (non-hydrogen) atoms. The van der Waals surface area contributed by atoms with E-state index in [0.29, 0.717) is 26.4 Å². The number of nitrogens with zero attached hydrogens (tertiary/aromatic N) is 1. The van der Waals surface area contributed by atoms with Gasteiger partial charge in [0.05, 0.1) is 16.9 Å². The second-order valence-electron chi connectivity index (χ2n) is 4.19. The lowest BCUT2D eigenvalue weighted by atomic mass is 10.2. The monoisotopic (exact) mass is 416 g/mol. The summed E-state index contributed by atoms with van der Waals surface area (Å²) in [6.07, 6.45) is 0. The van der Waals surface area contributed by atoms with Gasteiger partial charge in [0.25, 0.3) is 5.91 Å². The average Bonchev–Trinajstić information content (AvgIpc) is 2.37. The van der Waals surface area contributed by atoms with Crippen molar-refractivity contribution in [3.63, 3.8) is 0 Å². The van der Waals surface area contributed by atoms with E-state index in [1.807, 2.05) is 6.07 Å². The molecule has 0 aliphatic heterocycles. The highest BCUT2D eigenvalue weighted by Gasteiger charge is 2.18. The number of carbonyl (C=O) groups is 1. The largest absolute Gasteiger partial charge is 0.397 e. The minimum atomic E-state index is -0.164. The third-order valence-electron chi connectivity index (χ3n) is 2.82. The molecule has 0 unspecified atom stereocenters. The normalized spacial score (nSPS) is 10.4. The summed E-state index contributed by atoms with van der Waals surface area (Å²) in [5, 5.41) is 0.569. The molecule has 0 bridgehead atoms. The molecule has 104 valence electrons. The van der Waals surface area contributed by atoms with Crippen LogP contribution in [0.25, 0.3) is 0 Å². The first-order valence-corrected chi connectivity index (χ1v) is 7.64. The summed E-state index contributed by atoms with van der Waals surface area (Å²) in [6, 6.07) is 10.4. The molecule has 0 saturated carbocycles. The Morgan fingerprint density at radius 1 is 1.20 bits per heavy atom. The van der Waals surface area contributed by atoms with Crippen molar-refractivity contribution in [2.45, 2.75) is 0 Å². The minimum absolute atomic E-state index is 0.164. The first-order chi connectivity index (χ1) is 9.40. The van der Waals surface area contributed by atoms with Crippen LogP contribution in [0.15, 0.2) is 45.3 Å². The van der Waals surface area contributed by atoms with E-state index in [1.54, 1.807) is 37.4 Å². The summed E-state index contributed by atoms with van der Waals surface area (Å²) >= 11 is 12.6. The number of rotatable bonds is 2. The maximum absolute atomic E-state index is 12.5. The predicted octanol–water partition coefficient (Wildman–Crippen LogP) is 4.72. The van der Waals surface area contributed by atoms with Gasteiger partial charge in [-0.25, -0.2) is 0 Å². The summed E-state index contributed by atoms with van der Waals surface area (Å²) in [6.45, 7) is 0. The van der Waals surface area contributed by atoms with Crippen LogP contribution in [0.3, 0.4) is 0 Å². The van der Waals surface area contributed by atoms with Crippen molar-refractivity contribution in [2.75, 3.05) is 17.7 Å². The smallest absolute Gasteiger partial charge is 0.259 e. The molecule has 2 rings (SSSR count). The zero-order valence-electron chi connectivity index (χ0n) is 10.5. The standard InChI is InChI=1S/C14H11Br2ClN2O/c1-19(13-5-2-8(15)6-12(13)18)14(20)10-4-3-9(17)7-11(10)16/h2-7H,18H2,1H3. The van der Waals surface area contributed by atoms with Crippen LogP contribution in [-0.2, 0) is 0 Å². The van der Waals surface area contributed by atoms with Crippen molar-refractivity contribution in [1.82, 2.24) is 0 Å². The summed E-state index contributed by atoms with van der Waals surface area (Å²) in [4.78, 5) is 14.0. The molecule has 1 amide bonds. The molecule has 0 aliphatic carbocycles. The Kier molecular flexibility index (Phi) is 4.73. The highest BCUT2D eigenvalue weighted by molar-refractivity contribution is 9.10. The number of amides is 1. The van der Waals surface area contributed by atoms with E-state index in [-0.39, 0.29) is 5.91 Å². The molecule has 0 spiro atoms. The van der Waals surface area contributed by atoms with Gasteiger partial charge in [-0.15, -0.1) is 0 Å². The van der Waals surface area contributed by atoms with Gasteiger partial charge in [0.15, 0.2) is 0 Å². The van der Waals surface area contributed by atoms with Gasteiger partial charge in [-0.2, -0.15) is 0 Å². The number of anilines is 2. The van der Waals surface area contributed by atoms with Crippen molar-refractivity contribution >= 4 is 60.7 Å². The SMILES string of the molecule is CN(C(=O)c1ccc(Cl)cc1Br)c1ccc(Br)cc1N. The number of nitrogens with two attached hydrogens (primary N) is 1. The van der Waals surface area contributed by atoms with Gasteiger partial charge in [-0.3, -0.25) is 4.79 Å². The quantitative estimate of drug-likeness (QED) is 0.717. The second kappa shape index (κ2) is 6.16. The van der Waals surface area contributed by atoms with Crippen molar-refractivity contribution in [1.29, 1.82) is 0 Å². The third-order valence-corrected chi connectivity index (χ3v) is 4.20. The number of carbonyl (C=O) groups excluding carboxylic acids is 1. The molecule has 3 nitrogen and oxygen atoms in total. The predicted molar refractivity (Wildman–Crippen MR) is 90.4 cm³/mol. The molecule has 0 heterocycles. The molecule has 0 fully saturated rings. The second-order valence-corrected chi connectivity index (χ2v) is 6.40. The number of hydrogen-bond acceptors (Lipinski definition) is 2. The Balaban J connectivity index is 2.37. The Morgan fingerprint density at radius 3 is 2.50 bits per heavy atom. The zero-order chi connectivity index (χ0) is 14.9. The molecular formula is C14H11Br2ClN2O. The van der Waals surface area contributed by atoms with Crippen LogP contribution in [0.1, 0.15) is 10.4 Å². The van der Waals surface area contributed by atoms with Crippen LogP contribution in [-0.4, -0.2) is 13.0 Å². The van der Waals surface area contributed by atoms with Gasteiger partial charge in [0, 0.05) is 21.0 Å². The van der Waals surface area contributed by atoms with Gasteiger partial charge in [-0.05, 0) is 52.3 Å². The van der Waals surface area contributed by atoms with Crippen LogP contribution in [0.4, 0.5) is 11.4 Å². The molecule has 2 aromatic rings. The summed E-state index contributed by atoms with van der Waals surface area (Å²) in [5.41, 5.74) is 7.65. The maximum Gasteiger partial charge on any atom is 0.259 e. The highest BCUT2D eigenvalue weighted by Crippen LogP contribution is 2.29. The van der Waals surface area contributed by atoms with E-state index >= 15 is 0 Å². The van der Waals surface area contributed by atoms with Crippen molar-refractivity contribution in [2.24, 2.45) is 0 Å². The van der Waals surface area contributed by atoms with E-state index < -0.39 is 0 Å². The van der Waals surface area contributed by atoms with E-state index in [0.717, 1.165) is 4.47 Å². The number of halogens is 3. The van der Waals surface area contributed by atoms with Gasteiger partial charge < -0.3 is 10.6 Å². The Morgan fingerprint density at radius 2 is 1.90 bits per heavy atom. The molecule has 0 atom stereocenters. The fourth-order valence-electron chi connectivity index (χ4n) is 1.78.